The molecule has 7 heteroatoms. The summed E-state index contributed by atoms with van der Waals surface area (Å²) in [6.07, 6.45) is 2.36. The molecule has 0 spiro atoms. The molecule has 2 heterocycles. The lowest BCUT2D eigenvalue weighted by Crippen LogP contribution is -2.41. The number of anilines is 1. The molecular weight excluding hydrogens is 308 g/mol. The summed E-state index contributed by atoms with van der Waals surface area (Å²) in [6.45, 7) is 7.87. The number of thioether (sulfide) groups is 1. The van der Waals surface area contributed by atoms with Crippen LogP contribution in [0.1, 0.15) is 33.6 Å². The summed E-state index contributed by atoms with van der Waals surface area (Å²) in [5.74, 6) is 1.11. The Morgan fingerprint density at radius 1 is 1.38 bits per heavy atom. The highest BCUT2D eigenvalue weighted by atomic mass is 35.5. The zero-order valence-electron chi connectivity index (χ0n) is 12.6. The van der Waals surface area contributed by atoms with Crippen molar-refractivity contribution in [3.05, 3.63) is 11.2 Å². The molecule has 2 rings (SSSR count). The van der Waals surface area contributed by atoms with Gasteiger partial charge >= 0.3 is 0 Å². The minimum absolute atomic E-state index is 0.0289. The Bertz CT molecular complexity index is 512. The molecule has 21 heavy (non-hydrogen) atoms. The van der Waals surface area contributed by atoms with Crippen LogP contribution in [-0.2, 0) is 4.79 Å². The number of hydrogen-bond acceptors (Lipinski definition) is 5. The highest BCUT2D eigenvalue weighted by molar-refractivity contribution is 7.99. The predicted molar refractivity (Wildman–Crippen MR) is 87.1 cm³/mol. The Morgan fingerprint density at radius 2 is 2.05 bits per heavy atom. The van der Waals surface area contributed by atoms with Crippen molar-refractivity contribution in [3.63, 3.8) is 0 Å². The maximum atomic E-state index is 11.8. The van der Waals surface area contributed by atoms with Crippen LogP contribution < -0.4 is 10.2 Å². The fraction of sp³-hybridized carbons (Fsp3) is 0.643. The summed E-state index contributed by atoms with van der Waals surface area (Å²) in [5.41, 5.74) is -0.229. The summed E-state index contributed by atoms with van der Waals surface area (Å²) in [4.78, 5) is 22.7. The molecule has 0 saturated carbocycles. The number of hydrogen-bond donors (Lipinski definition) is 1. The molecule has 1 fully saturated rings. The Kier molecular flexibility index (Phi) is 5.32. The zero-order valence-corrected chi connectivity index (χ0v) is 14.2. The maximum absolute atomic E-state index is 11.8. The number of rotatable bonds is 4. The van der Waals surface area contributed by atoms with Crippen LogP contribution >= 0.6 is 23.4 Å². The quantitative estimate of drug-likeness (QED) is 0.523. The van der Waals surface area contributed by atoms with Gasteiger partial charge in [0.05, 0.1) is 5.75 Å². The minimum Gasteiger partial charge on any atom is -0.356 e. The molecule has 0 aromatic carbocycles. The van der Waals surface area contributed by atoms with E-state index in [1.54, 1.807) is 6.07 Å². The molecule has 0 bridgehead atoms. The molecule has 1 saturated heterocycles. The smallest absolute Gasteiger partial charge is 0.230 e. The molecule has 0 atom stereocenters. The van der Waals surface area contributed by atoms with E-state index in [1.807, 2.05) is 20.8 Å². The number of carbonyl (C=O) groups is 1. The molecular formula is C14H21ClN4OS. The van der Waals surface area contributed by atoms with Crippen LogP contribution in [-0.4, -0.2) is 40.3 Å². The standard InChI is InChI=1S/C14H21ClN4OS/c1-14(2,3)18-12(20)9-21-13-16-10(15)8-11(17-13)19-6-4-5-7-19/h8H,4-7,9H2,1-3H3,(H,18,20). The van der Waals surface area contributed by atoms with E-state index in [0.717, 1.165) is 18.9 Å². The third kappa shape index (κ3) is 5.36. The van der Waals surface area contributed by atoms with Gasteiger partial charge in [-0.2, -0.15) is 0 Å². The first kappa shape index (κ1) is 16.4. The van der Waals surface area contributed by atoms with E-state index in [4.69, 9.17) is 11.6 Å². The van der Waals surface area contributed by atoms with Crippen molar-refractivity contribution in [2.24, 2.45) is 0 Å². The van der Waals surface area contributed by atoms with Crippen LogP contribution in [0.15, 0.2) is 11.2 Å². The maximum Gasteiger partial charge on any atom is 0.230 e. The van der Waals surface area contributed by atoms with E-state index in [-0.39, 0.29) is 17.2 Å². The Morgan fingerprint density at radius 3 is 2.67 bits per heavy atom. The van der Waals surface area contributed by atoms with Crippen molar-refractivity contribution in [1.29, 1.82) is 0 Å². The number of nitrogens with zero attached hydrogens (tertiary/aromatic N) is 3. The lowest BCUT2D eigenvalue weighted by atomic mass is 10.1. The molecule has 5 nitrogen and oxygen atoms in total. The monoisotopic (exact) mass is 328 g/mol. The van der Waals surface area contributed by atoms with Crippen LogP contribution in [0.2, 0.25) is 5.15 Å². The zero-order chi connectivity index (χ0) is 15.5. The van der Waals surface area contributed by atoms with Gasteiger partial charge in [0.25, 0.3) is 0 Å². The second kappa shape index (κ2) is 6.83. The molecule has 1 aromatic rings. The summed E-state index contributed by atoms with van der Waals surface area (Å²) in [7, 11) is 0. The first-order chi connectivity index (χ1) is 9.83. The molecule has 0 aliphatic carbocycles. The predicted octanol–water partition coefficient (Wildman–Crippen LogP) is 2.74. The normalized spacial score (nSPS) is 15.3. The van der Waals surface area contributed by atoms with Gasteiger partial charge in [0.2, 0.25) is 5.91 Å². The fourth-order valence-electron chi connectivity index (χ4n) is 2.14. The Hall–Kier alpha value is -1.01. The van der Waals surface area contributed by atoms with Crippen molar-refractivity contribution >= 4 is 35.1 Å². The van der Waals surface area contributed by atoms with Crippen LogP contribution in [0.25, 0.3) is 0 Å². The number of carbonyl (C=O) groups excluding carboxylic acids is 1. The molecule has 1 N–H and O–H groups in total. The van der Waals surface area contributed by atoms with Gasteiger partial charge in [-0.15, -0.1) is 0 Å². The Balaban J connectivity index is 1.98. The van der Waals surface area contributed by atoms with Gasteiger partial charge in [-0.1, -0.05) is 23.4 Å². The SMILES string of the molecule is CC(C)(C)NC(=O)CSc1nc(Cl)cc(N2CCCC2)n1. The molecule has 116 valence electrons. The first-order valence-corrected chi connectivity index (χ1v) is 8.43. The van der Waals surface area contributed by atoms with Crippen molar-refractivity contribution in [1.82, 2.24) is 15.3 Å². The average Bonchev–Trinajstić information content (AvgIpc) is 2.87. The van der Waals surface area contributed by atoms with E-state index < -0.39 is 0 Å². The first-order valence-electron chi connectivity index (χ1n) is 7.07. The molecule has 0 radical (unpaired) electrons. The molecule has 1 aliphatic heterocycles. The second-order valence-electron chi connectivity index (χ2n) is 6.11. The van der Waals surface area contributed by atoms with Gasteiger partial charge in [-0.3, -0.25) is 4.79 Å². The number of nitrogens with one attached hydrogen (secondary N) is 1. The van der Waals surface area contributed by atoms with E-state index in [2.05, 4.69) is 20.2 Å². The van der Waals surface area contributed by atoms with Crippen molar-refractivity contribution in [3.8, 4) is 0 Å². The molecule has 1 amide bonds. The number of halogens is 1. The van der Waals surface area contributed by atoms with Gasteiger partial charge in [0.15, 0.2) is 5.16 Å². The van der Waals surface area contributed by atoms with E-state index in [9.17, 15) is 4.79 Å². The van der Waals surface area contributed by atoms with E-state index >= 15 is 0 Å². The third-order valence-corrected chi connectivity index (χ3v) is 3.98. The van der Waals surface area contributed by atoms with Crippen LogP contribution in [0.5, 0.6) is 0 Å². The van der Waals surface area contributed by atoms with Crippen LogP contribution in [0.3, 0.4) is 0 Å². The summed E-state index contributed by atoms with van der Waals surface area (Å²) < 4.78 is 0. The number of aromatic nitrogens is 2. The minimum atomic E-state index is -0.229. The molecule has 0 unspecified atom stereocenters. The molecule has 1 aromatic heterocycles. The van der Waals surface area contributed by atoms with Crippen LogP contribution in [0, 0.1) is 0 Å². The highest BCUT2D eigenvalue weighted by Crippen LogP contribution is 2.24. The lowest BCUT2D eigenvalue weighted by Gasteiger charge is -2.20. The topological polar surface area (TPSA) is 58.1 Å². The van der Waals surface area contributed by atoms with Gasteiger partial charge in [-0.05, 0) is 33.6 Å². The highest BCUT2D eigenvalue weighted by Gasteiger charge is 2.17. The Labute approximate surface area is 134 Å². The van der Waals surface area contributed by atoms with E-state index in [1.165, 1.54) is 24.6 Å². The van der Waals surface area contributed by atoms with Gasteiger partial charge in [0, 0.05) is 24.7 Å². The van der Waals surface area contributed by atoms with Crippen molar-refractivity contribution in [2.45, 2.75) is 44.3 Å². The van der Waals surface area contributed by atoms with Gasteiger partial charge in [0.1, 0.15) is 11.0 Å². The summed E-state index contributed by atoms with van der Waals surface area (Å²) in [5, 5.41) is 3.89. The van der Waals surface area contributed by atoms with Crippen molar-refractivity contribution < 1.29 is 4.79 Å². The second-order valence-corrected chi connectivity index (χ2v) is 7.44. The van der Waals surface area contributed by atoms with Gasteiger partial charge in [-0.25, -0.2) is 9.97 Å². The summed E-state index contributed by atoms with van der Waals surface area (Å²) in [6, 6.07) is 1.78. The third-order valence-electron chi connectivity index (χ3n) is 2.94. The van der Waals surface area contributed by atoms with Crippen LogP contribution in [0.4, 0.5) is 5.82 Å². The average molecular weight is 329 g/mol. The van der Waals surface area contributed by atoms with E-state index in [0.29, 0.717) is 10.3 Å². The summed E-state index contributed by atoms with van der Waals surface area (Å²) >= 11 is 7.37. The fourth-order valence-corrected chi connectivity index (χ4v) is 3.02. The van der Waals surface area contributed by atoms with Gasteiger partial charge < -0.3 is 10.2 Å². The largest absolute Gasteiger partial charge is 0.356 e. The lowest BCUT2D eigenvalue weighted by molar-refractivity contribution is -0.119. The van der Waals surface area contributed by atoms with Crippen molar-refractivity contribution in [2.75, 3.05) is 23.7 Å². The number of amides is 1. The molecule has 1 aliphatic rings.